The Hall–Kier alpha value is -2.26. The van der Waals surface area contributed by atoms with Crippen molar-refractivity contribution in [3.8, 4) is 11.5 Å². The van der Waals surface area contributed by atoms with Gasteiger partial charge in [-0.05, 0) is 19.1 Å². The molecule has 0 bridgehead atoms. The number of aliphatic hydroxyl groups excluding tert-OH is 1. The number of nitrogens with one attached hydrogen (secondary N) is 1. The predicted molar refractivity (Wildman–Crippen MR) is 129 cm³/mol. The SMILES string of the molecule is COc1cc(NC(=O)CN2CCN(CC(O)CSc3ccc(C)cc3)CC2)cc(OC)c1. The number of methoxy groups -OCH3 is 2. The normalized spacial score (nSPS) is 15.9. The summed E-state index contributed by atoms with van der Waals surface area (Å²) in [5.41, 5.74) is 1.89. The number of thioether (sulfide) groups is 1. The van der Waals surface area contributed by atoms with Crippen molar-refractivity contribution in [2.45, 2.75) is 17.9 Å². The van der Waals surface area contributed by atoms with Gasteiger partial charge in [0.15, 0.2) is 0 Å². The Labute approximate surface area is 194 Å². The van der Waals surface area contributed by atoms with E-state index in [4.69, 9.17) is 9.47 Å². The van der Waals surface area contributed by atoms with E-state index in [0.717, 1.165) is 26.2 Å². The van der Waals surface area contributed by atoms with Crippen LogP contribution in [0.5, 0.6) is 11.5 Å². The second-order valence-electron chi connectivity index (χ2n) is 8.00. The quantitative estimate of drug-likeness (QED) is 0.529. The van der Waals surface area contributed by atoms with E-state index in [1.165, 1.54) is 10.5 Å². The van der Waals surface area contributed by atoms with E-state index < -0.39 is 0 Å². The molecule has 1 amide bonds. The van der Waals surface area contributed by atoms with Gasteiger partial charge in [-0.3, -0.25) is 14.6 Å². The average molecular weight is 460 g/mol. The molecule has 0 radical (unpaired) electrons. The summed E-state index contributed by atoms with van der Waals surface area (Å²) in [4.78, 5) is 18.1. The molecular weight excluding hydrogens is 426 g/mol. The first-order valence-electron chi connectivity index (χ1n) is 10.8. The van der Waals surface area contributed by atoms with Crippen molar-refractivity contribution in [2.75, 3.05) is 64.6 Å². The maximum Gasteiger partial charge on any atom is 0.238 e. The molecule has 1 atom stereocenters. The zero-order chi connectivity index (χ0) is 22.9. The van der Waals surface area contributed by atoms with Crippen molar-refractivity contribution in [3.63, 3.8) is 0 Å². The molecule has 7 nitrogen and oxygen atoms in total. The van der Waals surface area contributed by atoms with Gasteiger partial charge in [-0.2, -0.15) is 0 Å². The molecule has 8 heteroatoms. The van der Waals surface area contributed by atoms with Crippen LogP contribution < -0.4 is 14.8 Å². The highest BCUT2D eigenvalue weighted by molar-refractivity contribution is 7.99. The molecule has 2 aromatic rings. The van der Waals surface area contributed by atoms with Crippen LogP contribution in [0.3, 0.4) is 0 Å². The molecule has 3 rings (SSSR count). The van der Waals surface area contributed by atoms with Crippen molar-refractivity contribution >= 4 is 23.4 Å². The van der Waals surface area contributed by atoms with Crippen LogP contribution >= 0.6 is 11.8 Å². The number of nitrogens with zero attached hydrogens (tertiary/aromatic N) is 2. The van der Waals surface area contributed by atoms with Crippen LogP contribution in [0.1, 0.15) is 5.56 Å². The lowest BCUT2D eigenvalue weighted by Crippen LogP contribution is -2.50. The number of hydrogen-bond acceptors (Lipinski definition) is 7. The number of anilines is 1. The third-order valence-electron chi connectivity index (χ3n) is 5.40. The van der Waals surface area contributed by atoms with Gasteiger partial charge in [0, 0.05) is 67.3 Å². The highest BCUT2D eigenvalue weighted by atomic mass is 32.2. The number of aliphatic hydroxyl groups is 1. The minimum atomic E-state index is -0.376. The zero-order valence-corrected chi connectivity index (χ0v) is 19.9. The fourth-order valence-electron chi connectivity index (χ4n) is 3.59. The number of carbonyl (C=O) groups excluding carboxylic acids is 1. The number of β-amino-alcohol motifs (C(OH)–C–C–N with tert-alkyl or cyclic N) is 1. The summed E-state index contributed by atoms with van der Waals surface area (Å²) in [5, 5.41) is 13.3. The first-order chi connectivity index (χ1) is 15.4. The lowest BCUT2D eigenvalue weighted by atomic mass is 10.2. The second-order valence-corrected chi connectivity index (χ2v) is 9.10. The number of carbonyl (C=O) groups is 1. The van der Waals surface area contributed by atoms with Crippen LogP contribution in [0.25, 0.3) is 0 Å². The topological polar surface area (TPSA) is 74.3 Å². The van der Waals surface area contributed by atoms with Gasteiger partial charge >= 0.3 is 0 Å². The molecule has 1 unspecified atom stereocenters. The van der Waals surface area contributed by atoms with Crippen LogP contribution in [0.15, 0.2) is 47.4 Å². The Balaban J connectivity index is 1.38. The molecule has 0 saturated carbocycles. The van der Waals surface area contributed by atoms with Crippen molar-refractivity contribution in [2.24, 2.45) is 0 Å². The van der Waals surface area contributed by atoms with Crippen molar-refractivity contribution in [3.05, 3.63) is 48.0 Å². The molecule has 1 fully saturated rings. The monoisotopic (exact) mass is 459 g/mol. The third-order valence-corrected chi connectivity index (χ3v) is 6.56. The van der Waals surface area contributed by atoms with E-state index >= 15 is 0 Å². The van der Waals surface area contributed by atoms with Gasteiger partial charge in [-0.15, -0.1) is 11.8 Å². The van der Waals surface area contributed by atoms with Crippen molar-refractivity contribution in [1.29, 1.82) is 0 Å². The largest absolute Gasteiger partial charge is 0.497 e. The van der Waals surface area contributed by atoms with E-state index in [-0.39, 0.29) is 12.0 Å². The minimum Gasteiger partial charge on any atom is -0.497 e. The Bertz CT molecular complexity index is 848. The predicted octanol–water partition coefficient (Wildman–Crippen LogP) is 2.72. The number of aryl methyl sites for hydroxylation is 1. The van der Waals surface area contributed by atoms with Gasteiger partial charge in [-0.1, -0.05) is 17.7 Å². The molecule has 1 aliphatic heterocycles. The summed E-state index contributed by atoms with van der Waals surface area (Å²) in [6, 6.07) is 13.7. The number of amides is 1. The van der Waals surface area contributed by atoms with Crippen LogP contribution in [0, 0.1) is 6.92 Å². The summed E-state index contributed by atoms with van der Waals surface area (Å²) >= 11 is 1.68. The summed E-state index contributed by atoms with van der Waals surface area (Å²) in [7, 11) is 3.16. The maximum absolute atomic E-state index is 12.5. The molecule has 1 saturated heterocycles. The number of ether oxygens (including phenoxy) is 2. The van der Waals surface area contributed by atoms with Crippen LogP contribution in [-0.4, -0.2) is 86.2 Å². The molecule has 174 valence electrons. The van der Waals surface area contributed by atoms with Gasteiger partial charge in [0.05, 0.1) is 26.9 Å². The fraction of sp³-hybridized carbons (Fsp3) is 0.458. The molecule has 2 aromatic carbocycles. The Kier molecular flexibility index (Phi) is 9.23. The summed E-state index contributed by atoms with van der Waals surface area (Å²) in [5.74, 6) is 1.87. The van der Waals surface area contributed by atoms with E-state index in [1.54, 1.807) is 44.2 Å². The first kappa shape index (κ1) is 24.4. The fourth-order valence-corrected chi connectivity index (χ4v) is 4.41. The zero-order valence-electron chi connectivity index (χ0n) is 19.0. The molecule has 1 aliphatic rings. The summed E-state index contributed by atoms with van der Waals surface area (Å²) < 4.78 is 10.5. The molecule has 2 N–H and O–H groups in total. The van der Waals surface area contributed by atoms with Crippen LogP contribution in [0.4, 0.5) is 5.69 Å². The van der Waals surface area contributed by atoms with E-state index in [1.807, 2.05) is 0 Å². The average Bonchev–Trinajstić information content (AvgIpc) is 2.79. The van der Waals surface area contributed by atoms with E-state index in [2.05, 4.69) is 46.3 Å². The number of rotatable bonds is 10. The van der Waals surface area contributed by atoms with Gasteiger partial charge in [0.2, 0.25) is 5.91 Å². The second kappa shape index (κ2) is 12.1. The first-order valence-corrected chi connectivity index (χ1v) is 11.8. The van der Waals surface area contributed by atoms with Crippen molar-refractivity contribution in [1.82, 2.24) is 9.80 Å². The summed E-state index contributed by atoms with van der Waals surface area (Å²) in [6.45, 7) is 6.34. The highest BCUT2D eigenvalue weighted by Crippen LogP contribution is 2.25. The Morgan fingerprint density at radius 3 is 2.22 bits per heavy atom. The van der Waals surface area contributed by atoms with Crippen LogP contribution in [-0.2, 0) is 4.79 Å². The lowest BCUT2D eigenvalue weighted by molar-refractivity contribution is -0.117. The minimum absolute atomic E-state index is 0.0664. The van der Waals surface area contributed by atoms with Gasteiger partial charge in [-0.25, -0.2) is 0 Å². The smallest absolute Gasteiger partial charge is 0.238 e. The number of piperazine rings is 1. The molecule has 0 spiro atoms. The molecule has 0 aromatic heterocycles. The third kappa shape index (κ3) is 7.70. The maximum atomic E-state index is 12.5. The molecule has 32 heavy (non-hydrogen) atoms. The Morgan fingerprint density at radius 1 is 1.03 bits per heavy atom. The van der Waals surface area contributed by atoms with E-state index in [9.17, 15) is 9.90 Å². The van der Waals surface area contributed by atoms with E-state index in [0.29, 0.717) is 36.0 Å². The standard InChI is InChI=1S/C24H33N3O4S/c1-18-4-6-23(7-5-18)32-17-20(28)15-26-8-10-27(11-9-26)16-24(29)25-19-12-21(30-2)14-22(13-19)31-3/h4-7,12-14,20,28H,8-11,15-17H2,1-3H3,(H,25,29). The van der Waals surface area contributed by atoms with Gasteiger partial charge in [0.25, 0.3) is 0 Å². The van der Waals surface area contributed by atoms with Crippen molar-refractivity contribution < 1.29 is 19.4 Å². The highest BCUT2D eigenvalue weighted by Gasteiger charge is 2.21. The number of benzene rings is 2. The molecular formula is C24H33N3O4S. The molecule has 0 aliphatic carbocycles. The summed E-state index contributed by atoms with van der Waals surface area (Å²) in [6.07, 6.45) is -0.376. The van der Waals surface area contributed by atoms with Gasteiger partial charge < -0.3 is 19.9 Å². The Morgan fingerprint density at radius 2 is 1.62 bits per heavy atom. The number of hydrogen-bond donors (Lipinski definition) is 2. The van der Waals surface area contributed by atoms with Crippen LogP contribution in [0.2, 0.25) is 0 Å². The molecule has 1 heterocycles. The lowest BCUT2D eigenvalue weighted by Gasteiger charge is -2.35. The van der Waals surface area contributed by atoms with Gasteiger partial charge in [0.1, 0.15) is 11.5 Å².